The van der Waals surface area contributed by atoms with Gasteiger partial charge in [0.25, 0.3) is 0 Å². The molecule has 0 saturated heterocycles. The zero-order valence-electron chi connectivity index (χ0n) is 20.6. The molecule has 0 bridgehead atoms. The molecular weight excluding hydrogens is 505 g/mol. The molecule has 186 valence electrons. The van der Waals surface area contributed by atoms with Gasteiger partial charge in [0.1, 0.15) is 10.7 Å². The number of hydrogen-bond donors (Lipinski definition) is 2. The molecule has 8 rings (SSSR count). The molecule has 4 atom stereocenters. The van der Waals surface area contributed by atoms with Gasteiger partial charge in [0, 0.05) is 10.8 Å². The summed E-state index contributed by atoms with van der Waals surface area (Å²) < 4.78 is 4.84. The van der Waals surface area contributed by atoms with Crippen LogP contribution in [0.25, 0.3) is 33.2 Å². The van der Waals surface area contributed by atoms with Crippen molar-refractivity contribution < 1.29 is 0 Å². The van der Waals surface area contributed by atoms with Crippen molar-refractivity contribution in [1.29, 1.82) is 0 Å². The van der Waals surface area contributed by atoms with E-state index in [1.807, 2.05) is 23.5 Å². The lowest BCUT2D eigenvalue weighted by molar-refractivity contribution is 0.813. The molecule has 2 aliphatic heterocycles. The predicted molar refractivity (Wildman–Crippen MR) is 165 cm³/mol. The van der Waals surface area contributed by atoms with Crippen molar-refractivity contribution in [1.82, 2.24) is 9.13 Å². The van der Waals surface area contributed by atoms with Gasteiger partial charge in [-0.2, -0.15) is 0 Å². The number of aromatic nitrogens is 2. The normalized spacial score (nSPS) is 25.3. The zero-order chi connectivity index (χ0) is 25.4. The number of nitrogens with zero attached hydrogens (tertiary/aromatic N) is 2. The highest BCUT2D eigenvalue weighted by Gasteiger charge is 2.35. The Morgan fingerprint density at radius 2 is 1.03 bits per heavy atom. The molecule has 4 N–H and O–H groups in total. The van der Waals surface area contributed by atoms with Crippen LogP contribution < -0.4 is 11.5 Å². The van der Waals surface area contributed by atoms with Crippen LogP contribution in [-0.2, 0) is 0 Å². The van der Waals surface area contributed by atoms with Crippen LogP contribution in [0, 0.1) is 0 Å². The third-order valence-electron chi connectivity index (χ3n) is 7.90. The number of hydrogen-bond acceptors (Lipinski definition) is 4. The first kappa shape index (κ1) is 22.3. The highest BCUT2D eigenvalue weighted by Crippen LogP contribution is 2.53. The van der Waals surface area contributed by atoms with Crippen LogP contribution in [0.4, 0.5) is 11.4 Å². The fourth-order valence-corrected chi connectivity index (χ4v) is 8.94. The zero-order valence-corrected chi connectivity index (χ0v) is 22.2. The van der Waals surface area contributed by atoms with E-state index in [9.17, 15) is 0 Å². The molecule has 4 heterocycles. The average Bonchev–Trinajstić information content (AvgIpc) is 3.70. The Balaban J connectivity index is 1.42. The minimum Gasteiger partial charge on any atom is -0.396 e. The Hall–Kier alpha value is -3.74. The lowest BCUT2D eigenvalue weighted by Gasteiger charge is -2.22. The van der Waals surface area contributed by atoms with Crippen molar-refractivity contribution in [3.63, 3.8) is 0 Å². The van der Waals surface area contributed by atoms with Crippen LogP contribution in [0.3, 0.4) is 0 Å². The molecule has 0 radical (unpaired) electrons. The molecule has 0 amide bonds. The van der Waals surface area contributed by atoms with Gasteiger partial charge >= 0.3 is 0 Å². The summed E-state index contributed by atoms with van der Waals surface area (Å²) in [4.78, 5) is 0. The summed E-state index contributed by atoms with van der Waals surface area (Å²) in [6, 6.07) is 17.0. The van der Waals surface area contributed by atoms with Gasteiger partial charge in [0.15, 0.2) is 0 Å². The molecule has 6 heteroatoms. The van der Waals surface area contributed by atoms with Gasteiger partial charge in [-0.25, -0.2) is 0 Å². The molecule has 4 nitrogen and oxygen atoms in total. The number of para-hydroxylation sites is 2. The molecule has 0 fully saturated rings. The average molecular weight is 531 g/mol. The Kier molecular flexibility index (Phi) is 4.91. The van der Waals surface area contributed by atoms with Crippen LogP contribution in [0.15, 0.2) is 120 Å². The molecular formula is C32H26N4S2. The third-order valence-corrected chi connectivity index (χ3v) is 10.6. The van der Waals surface area contributed by atoms with Gasteiger partial charge in [-0.3, -0.25) is 0 Å². The number of rotatable bonds is 3. The first-order chi connectivity index (χ1) is 18.7. The molecule has 2 aromatic heterocycles. The smallest absolute Gasteiger partial charge is 0.100 e. The molecule has 4 aliphatic rings. The largest absolute Gasteiger partial charge is 0.396 e. The van der Waals surface area contributed by atoms with Crippen LogP contribution in [0.5, 0.6) is 0 Å². The van der Waals surface area contributed by atoms with E-state index in [4.69, 9.17) is 11.5 Å². The first-order valence-corrected chi connectivity index (χ1v) is 14.8. The van der Waals surface area contributed by atoms with Crippen molar-refractivity contribution in [3.05, 3.63) is 120 Å². The van der Waals surface area contributed by atoms with Crippen LogP contribution in [0.1, 0.15) is 10.7 Å². The minimum atomic E-state index is 0.105. The van der Waals surface area contributed by atoms with Gasteiger partial charge < -0.3 is 20.6 Å². The first-order valence-electron chi connectivity index (χ1n) is 12.9. The molecule has 2 aromatic carbocycles. The second-order valence-corrected chi connectivity index (χ2v) is 12.5. The van der Waals surface area contributed by atoms with Gasteiger partial charge in [-0.05, 0) is 35.4 Å². The van der Waals surface area contributed by atoms with E-state index in [-0.39, 0.29) is 10.7 Å². The van der Waals surface area contributed by atoms with Crippen molar-refractivity contribution in [2.24, 2.45) is 0 Å². The van der Waals surface area contributed by atoms with Gasteiger partial charge in [0.2, 0.25) is 0 Å². The van der Waals surface area contributed by atoms with Crippen molar-refractivity contribution in [3.8, 4) is 11.4 Å². The van der Waals surface area contributed by atoms with Gasteiger partial charge in [-0.1, -0.05) is 85.0 Å². The fraction of sp³-hybridized carbons (Fsp3) is 0.125. The minimum absolute atomic E-state index is 0.105. The van der Waals surface area contributed by atoms with Crippen molar-refractivity contribution in [2.45, 2.75) is 21.2 Å². The second-order valence-electron chi connectivity index (χ2n) is 10.0. The maximum absolute atomic E-state index is 7.07. The van der Waals surface area contributed by atoms with E-state index in [1.165, 1.54) is 11.1 Å². The summed E-state index contributed by atoms with van der Waals surface area (Å²) in [5, 5.41) is 3.04. The summed E-state index contributed by atoms with van der Waals surface area (Å²) in [5.41, 5.74) is 22.7. The lowest BCUT2D eigenvalue weighted by Crippen LogP contribution is -2.11. The van der Waals surface area contributed by atoms with E-state index in [0.29, 0.717) is 10.5 Å². The standard InChI is InChI=1S/C32H26N4S2/c33-29-21-11-3-5-13-23(21)35(27-17-19-9-1-7-15-25(19)37-27)31(29)32-30(34)22-12-4-6-14-24(22)36(32)28-18-20-10-2-8-16-26(20)38-28/h1-18,25-28H,33-34H2. The summed E-state index contributed by atoms with van der Waals surface area (Å²) in [6.07, 6.45) is 22.3. The van der Waals surface area contributed by atoms with E-state index in [2.05, 4.69) is 118 Å². The molecule has 2 aliphatic carbocycles. The number of nitrogens with two attached hydrogens (primary N) is 2. The summed E-state index contributed by atoms with van der Waals surface area (Å²) >= 11 is 3.89. The molecule has 38 heavy (non-hydrogen) atoms. The number of fused-ring (bicyclic) bond motifs is 4. The number of nitrogen functional groups attached to an aromatic ring is 2. The highest BCUT2D eigenvalue weighted by atomic mass is 32.2. The monoisotopic (exact) mass is 530 g/mol. The third kappa shape index (κ3) is 3.14. The van der Waals surface area contributed by atoms with Crippen LogP contribution in [0.2, 0.25) is 0 Å². The molecule has 4 unspecified atom stereocenters. The van der Waals surface area contributed by atoms with Crippen molar-refractivity contribution in [2.75, 3.05) is 11.5 Å². The van der Waals surface area contributed by atoms with Crippen LogP contribution >= 0.6 is 23.5 Å². The van der Waals surface area contributed by atoms with Crippen molar-refractivity contribution >= 4 is 56.7 Å². The fourth-order valence-electron chi connectivity index (χ4n) is 6.19. The molecule has 0 spiro atoms. The quantitative estimate of drug-likeness (QED) is 0.284. The number of thioether (sulfide) groups is 2. The SMILES string of the molecule is Nc1c(-c2c(N)c3ccccc3n2C2C=C3C=CC=CC3S2)n(C2C=C3C=CC=CC3S2)c2ccccc12. The van der Waals surface area contributed by atoms with E-state index in [1.54, 1.807) is 0 Å². The Morgan fingerprint density at radius 3 is 1.47 bits per heavy atom. The number of benzene rings is 2. The second kappa shape index (κ2) is 8.38. The Labute approximate surface area is 229 Å². The summed E-state index contributed by atoms with van der Waals surface area (Å²) in [5.74, 6) is 0. The summed E-state index contributed by atoms with van der Waals surface area (Å²) in [6.45, 7) is 0. The lowest BCUT2D eigenvalue weighted by atomic mass is 10.1. The number of allylic oxidation sites excluding steroid dienone is 6. The number of anilines is 2. The maximum Gasteiger partial charge on any atom is 0.100 e. The predicted octanol–water partition coefficient (Wildman–Crippen LogP) is 7.76. The topological polar surface area (TPSA) is 61.9 Å². The van der Waals surface area contributed by atoms with Gasteiger partial charge in [0.05, 0.1) is 44.3 Å². The Bertz CT molecular complexity index is 1690. The van der Waals surface area contributed by atoms with Gasteiger partial charge in [-0.15, -0.1) is 23.5 Å². The molecule has 0 saturated carbocycles. The van der Waals surface area contributed by atoms with E-state index >= 15 is 0 Å². The maximum atomic E-state index is 7.07. The van der Waals surface area contributed by atoms with Crippen LogP contribution in [-0.4, -0.2) is 19.6 Å². The Morgan fingerprint density at radius 1 is 0.579 bits per heavy atom. The highest BCUT2D eigenvalue weighted by molar-refractivity contribution is 8.01. The molecule has 4 aromatic rings. The summed E-state index contributed by atoms with van der Waals surface area (Å²) in [7, 11) is 0. The van der Waals surface area contributed by atoms with E-state index < -0.39 is 0 Å². The van der Waals surface area contributed by atoms with E-state index in [0.717, 1.165) is 44.6 Å².